The molecule has 0 heterocycles. The van der Waals surface area contributed by atoms with Gasteiger partial charge in [0, 0.05) is 12.1 Å². The Morgan fingerprint density at radius 2 is 2.05 bits per heavy atom. The molecule has 0 spiro atoms. The van der Waals surface area contributed by atoms with Gasteiger partial charge in [0.1, 0.15) is 5.54 Å². The van der Waals surface area contributed by atoms with Gasteiger partial charge in [-0.2, -0.15) is 0 Å². The highest BCUT2D eigenvalue weighted by Gasteiger charge is 2.34. The van der Waals surface area contributed by atoms with Crippen LogP contribution >= 0.6 is 0 Å². The Bertz CT molecular complexity index is 290. The van der Waals surface area contributed by atoms with Crippen LogP contribution in [0.1, 0.15) is 59.8 Å². The molecule has 0 aromatic rings. The van der Waals surface area contributed by atoms with Gasteiger partial charge in [0.25, 0.3) is 0 Å². The fourth-order valence-corrected chi connectivity index (χ4v) is 2.72. The summed E-state index contributed by atoms with van der Waals surface area (Å²) in [5.74, 6) is -0.741. The fraction of sp³-hybridized carbons (Fsp3) is 0.933. The first-order chi connectivity index (χ1) is 8.89. The Labute approximate surface area is 117 Å². The second-order valence-electron chi connectivity index (χ2n) is 6.31. The monoisotopic (exact) mass is 270 g/mol. The number of carbonyl (C=O) groups is 1. The molecule has 0 amide bonds. The standard InChI is InChI=1S/C15H30N2O2/c1-5-10-17(13-7-8-13)11-6-9-15(4,14(18)19)16-12(2)3/h12-13,16H,5-11H2,1-4H3,(H,18,19). The molecule has 4 nitrogen and oxygen atoms in total. The van der Waals surface area contributed by atoms with Gasteiger partial charge < -0.3 is 10.0 Å². The molecule has 112 valence electrons. The molecule has 1 unspecified atom stereocenters. The molecule has 1 fully saturated rings. The largest absolute Gasteiger partial charge is 0.480 e. The van der Waals surface area contributed by atoms with Crippen molar-refractivity contribution in [3.05, 3.63) is 0 Å². The molecule has 1 aliphatic rings. The lowest BCUT2D eigenvalue weighted by Crippen LogP contribution is -2.52. The van der Waals surface area contributed by atoms with Crippen molar-refractivity contribution < 1.29 is 9.90 Å². The van der Waals surface area contributed by atoms with E-state index in [-0.39, 0.29) is 6.04 Å². The summed E-state index contributed by atoms with van der Waals surface area (Å²) in [6, 6.07) is 0.963. The average Bonchev–Trinajstić information content (AvgIpc) is 3.10. The van der Waals surface area contributed by atoms with E-state index in [1.807, 2.05) is 13.8 Å². The van der Waals surface area contributed by atoms with Crippen LogP contribution in [0.25, 0.3) is 0 Å². The van der Waals surface area contributed by atoms with Crippen molar-refractivity contribution >= 4 is 5.97 Å². The predicted octanol–water partition coefficient (Wildman–Crippen LogP) is 2.48. The van der Waals surface area contributed by atoms with Crippen LogP contribution in [0.15, 0.2) is 0 Å². The van der Waals surface area contributed by atoms with Crippen LogP contribution in [0.4, 0.5) is 0 Å². The van der Waals surface area contributed by atoms with Gasteiger partial charge in [0.15, 0.2) is 0 Å². The van der Waals surface area contributed by atoms with E-state index in [9.17, 15) is 9.90 Å². The van der Waals surface area contributed by atoms with Gasteiger partial charge in [0.2, 0.25) is 0 Å². The van der Waals surface area contributed by atoms with E-state index in [1.54, 1.807) is 6.92 Å². The first-order valence-corrected chi connectivity index (χ1v) is 7.64. The molecule has 1 rings (SSSR count). The Morgan fingerprint density at radius 1 is 1.42 bits per heavy atom. The second-order valence-corrected chi connectivity index (χ2v) is 6.31. The van der Waals surface area contributed by atoms with Gasteiger partial charge >= 0.3 is 5.97 Å². The first kappa shape index (κ1) is 16.4. The number of hydrogen-bond acceptors (Lipinski definition) is 3. The van der Waals surface area contributed by atoms with E-state index in [2.05, 4.69) is 17.1 Å². The topological polar surface area (TPSA) is 52.6 Å². The SMILES string of the molecule is CCCN(CCCC(C)(NC(C)C)C(=O)O)C1CC1. The van der Waals surface area contributed by atoms with Gasteiger partial charge in [-0.05, 0) is 66.0 Å². The maximum Gasteiger partial charge on any atom is 0.323 e. The first-order valence-electron chi connectivity index (χ1n) is 7.64. The lowest BCUT2D eigenvalue weighted by atomic mass is 9.94. The van der Waals surface area contributed by atoms with Gasteiger partial charge in [-0.1, -0.05) is 6.92 Å². The fourth-order valence-electron chi connectivity index (χ4n) is 2.72. The Kier molecular flexibility index (Phi) is 6.27. The van der Waals surface area contributed by atoms with Crippen molar-refractivity contribution in [2.45, 2.75) is 77.4 Å². The zero-order valence-corrected chi connectivity index (χ0v) is 12.9. The molecule has 4 heteroatoms. The number of nitrogens with zero attached hydrogens (tertiary/aromatic N) is 1. The molecule has 0 aromatic heterocycles. The summed E-state index contributed by atoms with van der Waals surface area (Å²) in [5.41, 5.74) is -0.796. The maximum atomic E-state index is 11.4. The Morgan fingerprint density at radius 3 is 2.47 bits per heavy atom. The molecular formula is C15H30N2O2. The third-order valence-electron chi connectivity index (χ3n) is 3.78. The number of hydrogen-bond donors (Lipinski definition) is 2. The summed E-state index contributed by atoms with van der Waals surface area (Å²) in [5, 5.41) is 12.6. The van der Waals surface area contributed by atoms with Crippen molar-refractivity contribution in [1.29, 1.82) is 0 Å². The maximum absolute atomic E-state index is 11.4. The normalized spacial score (nSPS) is 18.8. The summed E-state index contributed by atoms with van der Waals surface area (Å²) in [6.07, 6.45) is 5.45. The van der Waals surface area contributed by atoms with Crippen LogP contribution in [0.3, 0.4) is 0 Å². The van der Waals surface area contributed by atoms with Crippen molar-refractivity contribution in [3.8, 4) is 0 Å². The highest BCUT2D eigenvalue weighted by atomic mass is 16.4. The zero-order chi connectivity index (χ0) is 14.5. The lowest BCUT2D eigenvalue weighted by Gasteiger charge is -2.30. The Balaban J connectivity index is 2.40. The molecule has 0 saturated heterocycles. The minimum atomic E-state index is -0.796. The average molecular weight is 270 g/mol. The van der Waals surface area contributed by atoms with Crippen molar-refractivity contribution in [2.75, 3.05) is 13.1 Å². The summed E-state index contributed by atoms with van der Waals surface area (Å²) < 4.78 is 0. The van der Waals surface area contributed by atoms with E-state index in [0.717, 1.165) is 25.6 Å². The van der Waals surface area contributed by atoms with Crippen LogP contribution in [0, 0.1) is 0 Å². The highest BCUT2D eigenvalue weighted by Crippen LogP contribution is 2.27. The van der Waals surface area contributed by atoms with Crippen LogP contribution in [-0.4, -0.2) is 46.7 Å². The Hall–Kier alpha value is -0.610. The van der Waals surface area contributed by atoms with Gasteiger partial charge in [0.05, 0.1) is 0 Å². The molecule has 0 radical (unpaired) electrons. The van der Waals surface area contributed by atoms with Gasteiger partial charge in [-0.3, -0.25) is 10.1 Å². The van der Waals surface area contributed by atoms with E-state index >= 15 is 0 Å². The number of nitrogens with one attached hydrogen (secondary N) is 1. The van der Waals surface area contributed by atoms with Crippen LogP contribution < -0.4 is 5.32 Å². The minimum Gasteiger partial charge on any atom is -0.480 e. The molecule has 0 aliphatic heterocycles. The quantitative estimate of drug-likeness (QED) is 0.640. The van der Waals surface area contributed by atoms with E-state index in [0.29, 0.717) is 6.42 Å². The molecule has 0 aromatic carbocycles. The highest BCUT2D eigenvalue weighted by molar-refractivity contribution is 5.78. The second kappa shape index (κ2) is 7.25. The van der Waals surface area contributed by atoms with Gasteiger partial charge in [-0.15, -0.1) is 0 Å². The van der Waals surface area contributed by atoms with Gasteiger partial charge in [-0.25, -0.2) is 0 Å². The third-order valence-corrected chi connectivity index (χ3v) is 3.78. The van der Waals surface area contributed by atoms with Crippen molar-refractivity contribution in [1.82, 2.24) is 10.2 Å². The molecule has 1 saturated carbocycles. The zero-order valence-electron chi connectivity index (χ0n) is 12.9. The number of rotatable bonds is 10. The molecule has 19 heavy (non-hydrogen) atoms. The summed E-state index contributed by atoms with van der Waals surface area (Å²) in [4.78, 5) is 14.0. The number of carboxylic acid groups (broad SMARTS) is 1. The van der Waals surface area contributed by atoms with E-state index in [4.69, 9.17) is 0 Å². The number of carboxylic acids is 1. The van der Waals surface area contributed by atoms with Crippen molar-refractivity contribution in [3.63, 3.8) is 0 Å². The molecule has 0 bridgehead atoms. The number of aliphatic carboxylic acids is 1. The third kappa shape index (κ3) is 5.49. The summed E-state index contributed by atoms with van der Waals surface area (Å²) in [7, 11) is 0. The van der Waals surface area contributed by atoms with Crippen molar-refractivity contribution in [2.24, 2.45) is 0 Å². The smallest absolute Gasteiger partial charge is 0.323 e. The van der Waals surface area contributed by atoms with E-state index < -0.39 is 11.5 Å². The molecular weight excluding hydrogens is 240 g/mol. The van der Waals surface area contributed by atoms with Crippen LogP contribution in [-0.2, 0) is 4.79 Å². The lowest BCUT2D eigenvalue weighted by molar-refractivity contribution is -0.144. The van der Waals surface area contributed by atoms with Crippen LogP contribution in [0.2, 0.25) is 0 Å². The summed E-state index contributed by atoms with van der Waals surface area (Å²) in [6.45, 7) is 10.2. The molecule has 1 atom stereocenters. The predicted molar refractivity (Wildman–Crippen MR) is 78.4 cm³/mol. The van der Waals surface area contributed by atoms with Crippen LogP contribution in [0.5, 0.6) is 0 Å². The minimum absolute atomic E-state index is 0.191. The van der Waals surface area contributed by atoms with E-state index in [1.165, 1.54) is 19.3 Å². The molecule has 1 aliphatic carbocycles. The molecule has 2 N–H and O–H groups in total. The summed E-state index contributed by atoms with van der Waals surface area (Å²) >= 11 is 0.